The number of aromatic nitrogens is 3. The Morgan fingerprint density at radius 2 is 2.17 bits per heavy atom. The SMILES string of the molecule is CCn1nc(C(=O)N(Cc2ccsc2)Cc2ccccn2)cc1C. The minimum Gasteiger partial charge on any atom is -0.327 e. The number of carbonyl (C=O) groups excluding carboxylic acids is 1. The zero-order valence-corrected chi connectivity index (χ0v) is 14.7. The molecule has 3 aromatic rings. The van der Waals surface area contributed by atoms with Gasteiger partial charge in [-0.3, -0.25) is 14.5 Å². The first-order valence-corrected chi connectivity index (χ1v) is 8.86. The van der Waals surface area contributed by atoms with Gasteiger partial charge in [-0.25, -0.2) is 0 Å². The lowest BCUT2D eigenvalue weighted by Gasteiger charge is -2.21. The molecule has 0 saturated carbocycles. The number of pyridine rings is 1. The van der Waals surface area contributed by atoms with Crippen LogP contribution in [0.3, 0.4) is 0 Å². The summed E-state index contributed by atoms with van der Waals surface area (Å²) in [5.41, 5.74) is 3.47. The van der Waals surface area contributed by atoms with E-state index in [2.05, 4.69) is 15.5 Å². The van der Waals surface area contributed by atoms with Crippen LogP contribution in [0.25, 0.3) is 0 Å². The average molecular weight is 340 g/mol. The van der Waals surface area contributed by atoms with E-state index >= 15 is 0 Å². The molecular formula is C18H20N4OS. The molecule has 0 N–H and O–H groups in total. The number of amides is 1. The first kappa shape index (κ1) is 16.4. The summed E-state index contributed by atoms with van der Waals surface area (Å²) in [5, 5.41) is 8.51. The van der Waals surface area contributed by atoms with E-state index in [0.29, 0.717) is 18.8 Å². The maximum Gasteiger partial charge on any atom is 0.275 e. The van der Waals surface area contributed by atoms with E-state index in [0.717, 1.165) is 23.5 Å². The maximum atomic E-state index is 13.0. The molecule has 0 atom stereocenters. The molecular weight excluding hydrogens is 320 g/mol. The summed E-state index contributed by atoms with van der Waals surface area (Å²) in [4.78, 5) is 19.1. The second kappa shape index (κ2) is 7.40. The van der Waals surface area contributed by atoms with Gasteiger partial charge in [0.25, 0.3) is 5.91 Å². The molecule has 3 rings (SSSR count). The number of rotatable bonds is 6. The van der Waals surface area contributed by atoms with Crippen LogP contribution in [0.4, 0.5) is 0 Å². The predicted octanol–water partition coefficient (Wildman–Crippen LogP) is 3.51. The van der Waals surface area contributed by atoms with Crippen LogP contribution < -0.4 is 0 Å². The summed E-state index contributed by atoms with van der Waals surface area (Å²) in [6, 6.07) is 9.64. The summed E-state index contributed by atoms with van der Waals surface area (Å²) >= 11 is 1.63. The summed E-state index contributed by atoms with van der Waals surface area (Å²) in [6.45, 7) is 5.76. The number of thiophene rings is 1. The Morgan fingerprint density at radius 1 is 1.29 bits per heavy atom. The Kier molecular flexibility index (Phi) is 5.05. The normalized spacial score (nSPS) is 10.8. The summed E-state index contributed by atoms with van der Waals surface area (Å²) in [5.74, 6) is -0.0675. The van der Waals surface area contributed by atoms with Crippen LogP contribution in [0.15, 0.2) is 47.3 Å². The molecule has 124 valence electrons. The lowest BCUT2D eigenvalue weighted by molar-refractivity contribution is 0.0721. The number of carbonyl (C=O) groups is 1. The Bertz CT molecular complexity index is 796. The zero-order valence-electron chi connectivity index (χ0n) is 13.8. The molecule has 3 aromatic heterocycles. The molecule has 0 aromatic carbocycles. The van der Waals surface area contributed by atoms with Crippen molar-refractivity contribution in [3.63, 3.8) is 0 Å². The van der Waals surface area contributed by atoms with Gasteiger partial charge in [0.05, 0.1) is 12.2 Å². The lowest BCUT2D eigenvalue weighted by atomic mass is 10.2. The van der Waals surface area contributed by atoms with Crippen LogP contribution in [0.2, 0.25) is 0 Å². The third kappa shape index (κ3) is 3.71. The molecule has 24 heavy (non-hydrogen) atoms. The lowest BCUT2D eigenvalue weighted by Crippen LogP contribution is -2.30. The number of nitrogens with zero attached hydrogens (tertiary/aromatic N) is 4. The highest BCUT2D eigenvalue weighted by atomic mass is 32.1. The van der Waals surface area contributed by atoms with Gasteiger partial charge in [-0.2, -0.15) is 16.4 Å². The highest BCUT2D eigenvalue weighted by Crippen LogP contribution is 2.15. The van der Waals surface area contributed by atoms with Crippen molar-refractivity contribution in [3.05, 3.63) is 69.9 Å². The minimum atomic E-state index is -0.0675. The third-order valence-corrected chi connectivity index (χ3v) is 4.55. The number of hydrogen-bond acceptors (Lipinski definition) is 4. The van der Waals surface area contributed by atoms with E-state index in [1.54, 1.807) is 22.4 Å². The fourth-order valence-electron chi connectivity index (χ4n) is 2.59. The second-order valence-electron chi connectivity index (χ2n) is 5.60. The van der Waals surface area contributed by atoms with Gasteiger partial charge < -0.3 is 4.90 Å². The molecule has 5 nitrogen and oxygen atoms in total. The predicted molar refractivity (Wildman–Crippen MR) is 94.8 cm³/mol. The molecule has 0 aliphatic heterocycles. The van der Waals surface area contributed by atoms with Crippen LogP contribution in [0, 0.1) is 6.92 Å². The molecule has 0 spiro atoms. The Labute approximate surface area is 145 Å². The van der Waals surface area contributed by atoms with Crippen LogP contribution in [-0.4, -0.2) is 25.6 Å². The van der Waals surface area contributed by atoms with E-state index in [1.165, 1.54) is 0 Å². The number of hydrogen-bond donors (Lipinski definition) is 0. The monoisotopic (exact) mass is 340 g/mol. The Balaban J connectivity index is 1.86. The molecule has 0 fully saturated rings. The molecule has 1 amide bonds. The maximum absolute atomic E-state index is 13.0. The highest BCUT2D eigenvalue weighted by molar-refractivity contribution is 7.07. The van der Waals surface area contributed by atoms with Gasteiger partial charge in [0.2, 0.25) is 0 Å². The Hall–Kier alpha value is -2.47. The van der Waals surface area contributed by atoms with Crippen molar-refractivity contribution in [2.75, 3.05) is 0 Å². The van der Waals surface area contributed by atoms with Gasteiger partial charge in [0.15, 0.2) is 5.69 Å². The summed E-state index contributed by atoms with van der Waals surface area (Å²) in [6.07, 6.45) is 1.75. The van der Waals surface area contributed by atoms with Crippen LogP contribution in [0.1, 0.15) is 34.4 Å². The molecule has 0 unspecified atom stereocenters. The largest absolute Gasteiger partial charge is 0.327 e. The van der Waals surface area contributed by atoms with Crippen LogP contribution >= 0.6 is 11.3 Å². The Morgan fingerprint density at radius 3 is 2.79 bits per heavy atom. The first-order chi connectivity index (χ1) is 11.7. The van der Waals surface area contributed by atoms with E-state index in [9.17, 15) is 4.79 Å². The summed E-state index contributed by atoms with van der Waals surface area (Å²) < 4.78 is 1.84. The fourth-order valence-corrected chi connectivity index (χ4v) is 3.25. The van der Waals surface area contributed by atoms with Crippen molar-refractivity contribution in [1.29, 1.82) is 0 Å². The molecule has 6 heteroatoms. The highest BCUT2D eigenvalue weighted by Gasteiger charge is 2.20. The van der Waals surface area contributed by atoms with Crippen molar-refractivity contribution in [3.8, 4) is 0 Å². The van der Waals surface area contributed by atoms with E-state index in [4.69, 9.17) is 0 Å². The van der Waals surface area contributed by atoms with Crippen molar-refractivity contribution in [1.82, 2.24) is 19.7 Å². The minimum absolute atomic E-state index is 0.0675. The molecule has 0 bridgehead atoms. The van der Waals surface area contributed by atoms with E-state index < -0.39 is 0 Å². The quantitative estimate of drug-likeness (QED) is 0.690. The third-order valence-electron chi connectivity index (χ3n) is 3.82. The molecule has 0 aliphatic carbocycles. The van der Waals surface area contributed by atoms with Gasteiger partial charge in [0, 0.05) is 25.0 Å². The molecule has 0 saturated heterocycles. The smallest absolute Gasteiger partial charge is 0.275 e. The van der Waals surface area contributed by atoms with Gasteiger partial charge >= 0.3 is 0 Å². The van der Waals surface area contributed by atoms with Gasteiger partial charge in [-0.05, 0) is 54.4 Å². The van der Waals surface area contributed by atoms with Crippen LogP contribution in [0.5, 0.6) is 0 Å². The standard InChI is InChI=1S/C18H20N4OS/c1-3-22-14(2)10-17(20-22)18(23)21(11-15-7-9-24-13-15)12-16-6-4-5-8-19-16/h4-10,13H,3,11-12H2,1-2H3. The van der Waals surface area contributed by atoms with E-state index in [-0.39, 0.29) is 5.91 Å². The fraction of sp³-hybridized carbons (Fsp3) is 0.278. The van der Waals surface area contributed by atoms with Crippen molar-refractivity contribution >= 4 is 17.2 Å². The van der Waals surface area contributed by atoms with E-state index in [1.807, 2.05) is 54.2 Å². The van der Waals surface area contributed by atoms with Gasteiger partial charge in [-0.15, -0.1) is 0 Å². The van der Waals surface area contributed by atoms with Crippen LogP contribution in [-0.2, 0) is 19.6 Å². The van der Waals surface area contributed by atoms with Gasteiger partial charge in [0.1, 0.15) is 0 Å². The van der Waals surface area contributed by atoms with Crippen molar-refractivity contribution in [2.24, 2.45) is 0 Å². The first-order valence-electron chi connectivity index (χ1n) is 7.92. The van der Waals surface area contributed by atoms with Gasteiger partial charge in [-0.1, -0.05) is 6.07 Å². The molecule has 0 aliphatic rings. The van der Waals surface area contributed by atoms with Crippen molar-refractivity contribution in [2.45, 2.75) is 33.5 Å². The van der Waals surface area contributed by atoms with Crippen molar-refractivity contribution < 1.29 is 4.79 Å². The topological polar surface area (TPSA) is 51.0 Å². The number of aryl methyl sites for hydroxylation is 2. The average Bonchev–Trinajstić information content (AvgIpc) is 3.24. The molecule has 3 heterocycles. The molecule has 0 radical (unpaired) electrons. The zero-order chi connectivity index (χ0) is 16.9. The second-order valence-corrected chi connectivity index (χ2v) is 6.38. The summed E-state index contributed by atoms with van der Waals surface area (Å²) in [7, 11) is 0.